The van der Waals surface area contributed by atoms with E-state index in [9.17, 15) is 13.2 Å². The highest BCUT2D eigenvalue weighted by Gasteiger charge is 2.33. The van der Waals surface area contributed by atoms with E-state index in [-0.39, 0.29) is 5.92 Å². The summed E-state index contributed by atoms with van der Waals surface area (Å²) in [6, 6.07) is -0.902. The summed E-state index contributed by atoms with van der Waals surface area (Å²) in [5.74, 6) is -0.558. The Morgan fingerprint density at radius 1 is 1.40 bits per heavy atom. The lowest BCUT2D eigenvalue weighted by atomic mass is 9.99. The Hall–Kier alpha value is -0.500. The average molecular weight is 238 g/mol. The number of nitrogens with two attached hydrogens (primary N) is 2. The predicted octanol–water partition coefficient (Wildman–Crippen LogP) is -0.856. The normalized spacial score (nSPS) is 16.4. The summed E-state index contributed by atoms with van der Waals surface area (Å²) in [6.45, 7) is 3.26. The molecule has 0 bridgehead atoms. The third-order valence-corrected chi connectivity index (χ3v) is 3.13. The van der Waals surface area contributed by atoms with E-state index < -0.39 is 33.7 Å². The number of rotatable bonds is 6. The van der Waals surface area contributed by atoms with Gasteiger partial charge in [0.25, 0.3) is 10.1 Å². The van der Waals surface area contributed by atoms with Crippen molar-refractivity contribution in [2.75, 3.05) is 6.54 Å². The predicted molar refractivity (Wildman–Crippen MR) is 56.8 cm³/mol. The Morgan fingerprint density at radius 2 is 1.87 bits per heavy atom. The molecule has 0 aliphatic heterocycles. The quantitative estimate of drug-likeness (QED) is 0.517. The Kier molecular flexibility index (Phi) is 5.36. The molecule has 7 heteroatoms. The first kappa shape index (κ1) is 14.5. The van der Waals surface area contributed by atoms with Crippen LogP contribution in [0.4, 0.5) is 0 Å². The second-order valence-corrected chi connectivity index (χ2v) is 5.48. The maximum absolute atomic E-state index is 11.5. The fraction of sp³-hybridized carbons (Fsp3) is 0.875. The molecule has 0 saturated heterocycles. The van der Waals surface area contributed by atoms with E-state index in [0.29, 0.717) is 6.42 Å². The van der Waals surface area contributed by atoms with Crippen LogP contribution < -0.4 is 11.5 Å². The maximum atomic E-state index is 11.5. The summed E-state index contributed by atoms with van der Waals surface area (Å²) < 4.78 is 30.3. The standard InChI is InChI=1S/C8H18N2O4S/c1-5(2)3-6(10)8(11)7(4-9)15(12,13)14/h5-7H,3-4,9-10H2,1-2H3,(H,12,13,14). The molecule has 90 valence electrons. The van der Waals surface area contributed by atoms with Gasteiger partial charge in [-0.2, -0.15) is 8.42 Å². The van der Waals surface area contributed by atoms with Crippen molar-refractivity contribution in [1.82, 2.24) is 0 Å². The molecule has 0 rings (SSSR count). The van der Waals surface area contributed by atoms with Crippen molar-refractivity contribution >= 4 is 15.9 Å². The minimum atomic E-state index is -4.45. The van der Waals surface area contributed by atoms with Gasteiger partial charge < -0.3 is 11.5 Å². The van der Waals surface area contributed by atoms with Crippen LogP contribution in [0.2, 0.25) is 0 Å². The number of hydrogen-bond donors (Lipinski definition) is 3. The first-order valence-corrected chi connectivity index (χ1v) is 6.16. The highest BCUT2D eigenvalue weighted by Crippen LogP contribution is 2.08. The van der Waals surface area contributed by atoms with E-state index in [1.807, 2.05) is 13.8 Å². The first-order chi connectivity index (χ1) is 6.70. The highest BCUT2D eigenvalue weighted by molar-refractivity contribution is 7.87. The smallest absolute Gasteiger partial charge is 0.276 e. The number of carbonyl (C=O) groups is 1. The summed E-state index contributed by atoms with van der Waals surface area (Å²) in [4.78, 5) is 11.5. The van der Waals surface area contributed by atoms with Crippen LogP contribution in [0, 0.1) is 5.92 Å². The van der Waals surface area contributed by atoms with Gasteiger partial charge in [-0.25, -0.2) is 0 Å². The molecular formula is C8H18N2O4S. The number of ketones is 1. The molecular weight excluding hydrogens is 220 g/mol. The van der Waals surface area contributed by atoms with E-state index in [1.165, 1.54) is 0 Å². The lowest BCUT2D eigenvalue weighted by molar-refractivity contribution is -0.120. The van der Waals surface area contributed by atoms with E-state index in [1.54, 1.807) is 0 Å². The van der Waals surface area contributed by atoms with E-state index in [0.717, 1.165) is 0 Å². The van der Waals surface area contributed by atoms with Gasteiger partial charge in [0, 0.05) is 6.54 Å². The van der Waals surface area contributed by atoms with Crippen LogP contribution >= 0.6 is 0 Å². The van der Waals surface area contributed by atoms with Crippen LogP contribution in [0.25, 0.3) is 0 Å². The molecule has 0 spiro atoms. The van der Waals surface area contributed by atoms with Gasteiger partial charge in [0.05, 0.1) is 6.04 Å². The minimum absolute atomic E-state index is 0.170. The molecule has 0 aromatic carbocycles. The van der Waals surface area contributed by atoms with Crippen molar-refractivity contribution in [3.8, 4) is 0 Å². The molecule has 0 aliphatic carbocycles. The average Bonchev–Trinajstić information content (AvgIpc) is 2.01. The van der Waals surface area contributed by atoms with Gasteiger partial charge >= 0.3 is 0 Å². The third kappa shape index (κ3) is 4.70. The second kappa shape index (κ2) is 5.55. The summed E-state index contributed by atoms with van der Waals surface area (Å²) in [6.07, 6.45) is 0.366. The molecule has 6 nitrogen and oxygen atoms in total. The van der Waals surface area contributed by atoms with E-state index in [4.69, 9.17) is 16.0 Å². The van der Waals surface area contributed by atoms with Crippen molar-refractivity contribution in [2.45, 2.75) is 31.6 Å². The molecule has 0 radical (unpaired) electrons. The second-order valence-electron chi connectivity index (χ2n) is 3.88. The van der Waals surface area contributed by atoms with Gasteiger partial charge in [0.1, 0.15) is 0 Å². The van der Waals surface area contributed by atoms with E-state index in [2.05, 4.69) is 0 Å². The lowest BCUT2D eigenvalue weighted by Gasteiger charge is -2.17. The highest BCUT2D eigenvalue weighted by atomic mass is 32.2. The number of hydrogen-bond acceptors (Lipinski definition) is 5. The van der Waals surface area contributed by atoms with Crippen molar-refractivity contribution in [3.05, 3.63) is 0 Å². The van der Waals surface area contributed by atoms with Gasteiger partial charge in [0.2, 0.25) is 0 Å². The molecule has 5 N–H and O–H groups in total. The molecule has 0 aliphatic rings. The van der Waals surface area contributed by atoms with Gasteiger partial charge in [0.15, 0.2) is 11.0 Å². The maximum Gasteiger partial charge on any atom is 0.276 e. The first-order valence-electron chi connectivity index (χ1n) is 4.65. The number of Topliss-reactive ketones (excluding diaryl/α,β-unsaturated/α-hetero) is 1. The Balaban J connectivity index is 4.67. The fourth-order valence-electron chi connectivity index (χ4n) is 1.25. The van der Waals surface area contributed by atoms with Crippen molar-refractivity contribution < 1.29 is 17.8 Å². The molecule has 0 saturated carbocycles. The number of carbonyl (C=O) groups excluding carboxylic acids is 1. The van der Waals surface area contributed by atoms with Crippen molar-refractivity contribution in [3.63, 3.8) is 0 Å². The zero-order chi connectivity index (χ0) is 12.2. The largest absolute Gasteiger partial charge is 0.329 e. The third-order valence-electron chi connectivity index (χ3n) is 1.98. The summed E-state index contributed by atoms with van der Waals surface area (Å²) in [7, 11) is -4.45. The van der Waals surface area contributed by atoms with Crippen LogP contribution in [0.3, 0.4) is 0 Å². The molecule has 0 fully saturated rings. The van der Waals surface area contributed by atoms with Gasteiger partial charge in [-0.3, -0.25) is 9.35 Å². The Labute approximate surface area is 89.8 Å². The summed E-state index contributed by atoms with van der Waals surface area (Å²) in [5.41, 5.74) is 10.6. The zero-order valence-electron chi connectivity index (χ0n) is 8.88. The fourth-order valence-corrected chi connectivity index (χ4v) is 1.96. The molecule has 0 amide bonds. The van der Waals surface area contributed by atoms with Gasteiger partial charge in [-0.05, 0) is 12.3 Å². The molecule has 0 heterocycles. The molecule has 2 unspecified atom stereocenters. The summed E-state index contributed by atoms with van der Waals surface area (Å²) in [5, 5.41) is -1.61. The lowest BCUT2D eigenvalue weighted by Crippen LogP contribution is -2.46. The van der Waals surface area contributed by atoms with Crippen LogP contribution in [0.1, 0.15) is 20.3 Å². The van der Waals surface area contributed by atoms with Crippen LogP contribution in [0.5, 0.6) is 0 Å². The molecule has 15 heavy (non-hydrogen) atoms. The van der Waals surface area contributed by atoms with Crippen LogP contribution in [-0.2, 0) is 14.9 Å². The zero-order valence-corrected chi connectivity index (χ0v) is 9.70. The van der Waals surface area contributed by atoms with Gasteiger partial charge in [-0.1, -0.05) is 13.8 Å². The topological polar surface area (TPSA) is 123 Å². The molecule has 2 atom stereocenters. The Morgan fingerprint density at radius 3 is 2.13 bits per heavy atom. The Bertz CT molecular complexity index is 313. The van der Waals surface area contributed by atoms with E-state index >= 15 is 0 Å². The van der Waals surface area contributed by atoms with Crippen LogP contribution in [0.15, 0.2) is 0 Å². The molecule has 0 aromatic rings. The monoisotopic (exact) mass is 238 g/mol. The van der Waals surface area contributed by atoms with Gasteiger partial charge in [-0.15, -0.1) is 0 Å². The minimum Gasteiger partial charge on any atom is -0.329 e. The van der Waals surface area contributed by atoms with Crippen molar-refractivity contribution in [1.29, 1.82) is 0 Å². The SMILES string of the molecule is CC(C)CC(N)C(=O)C(CN)S(=O)(=O)O. The van der Waals surface area contributed by atoms with Crippen LogP contribution in [-0.4, -0.2) is 36.6 Å². The molecule has 0 aromatic heterocycles. The summed E-state index contributed by atoms with van der Waals surface area (Å²) >= 11 is 0. The van der Waals surface area contributed by atoms with Crippen molar-refractivity contribution in [2.24, 2.45) is 17.4 Å².